The van der Waals surface area contributed by atoms with Crippen molar-refractivity contribution in [2.75, 3.05) is 27.2 Å². The zero-order chi connectivity index (χ0) is 14.9. The number of rotatable bonds is 3. The Morgan fingerprint density at radius 1 is 1.50 bits per heavy atom. The highest BCUT2D eigenvalue weighted by molar-refractivity contribution is 7.80. The van der Waals surface area contributed by atoms with E-state index in [4.69, 9.17) is 0 Å². The Morgan fingerprint density at radius 3 is 2.85 bits per heavy atom. The number of amides is 1. The van der Waals surface area contributed by atoms with Gasteiger partial charge in [0, 0.05) is 29.6 Å². The fraction of sp³-hybridized carbons (Fsp3) is 0.533. The first kappa shape index (κ1) is 15.4. The Kier molecular flexibility index (Phi) is 4.73. The second-order valence-electron chi connectivity index (χ2n) is 5.76. The Bertz CT molecular complexity index is 505. The van der Waals surface area contributed by atoms with Gasteiger partial charge in [-0.3, -0.25) is 4.79 Å². The number of benzene rings is 1. The van der Waals surface area contributed by atoms with Gasteiger partial charge < -0.3 is 14.9 Å². The fourth-order valence-corrected chi connectivity index (χ4v) is 2.93. The third kappa shape index (κ3) is 3.34. The zero-order valence-corrected chi connectivity index (χ0v) is 13.1. The smallest absolute Gasteiger partial charge is 0.254 e. The van der Waals surface area contributed by atoms with Crippen LogP contribution in [0.2, 0.25) is 0 Å². The van der Waals surface area contributed by atoms with Crippen LogP contribution in [0.5, 0.6) is 0 Å². The van der Waals surface area contributed by atoms with Gasteiger partial charge in [0.25, 0.3) is 5.91 Å². The molecule has 0 aromatic heterocycles. The monoisotopic (exact) mass is 294 g/mol. The summed E-state index contributed by atoms with van der Waals surface area (Å²) in [6, 6.07) is 5.66. The van der Waals surface area contributed by atoms with Crippen molar-refractivity contribution in [3.8, 4) is 0 Å². The maximum atomic E-state index is 12.7. The first-order valence-corrected chi connectivity index (χ1v) is 7.26. The van der Waals surface area contributed by atoms with Crippen LogP contribution in [0.15, 0.2) is 23.1 Å². The maximum absolute atomic E-state index is 12.7. The zero-order valence-electron chi connectivity index (χ0n) is 12.2. The highest BCUT2D eigenvalue weighted by Gasteiger charge is 2.35. The summed E-state index contributed by atoms with van der Waals surface area (Å²) in [6.45, 7) is 3.10. The Labute approximate surface area is 125 Å². The van der Waals surface area contributed by atoms with Gasteiger partial charge in [0.15, 0.2) is 0 Å². The summed E-state index contributed by atoms with van der Waals surface area (Å²) in [7, 11) is 3.96. The van der Waals surface area contributed by atoms with Crippen LogP contribution < -0.4 is 0 Å². The van der Waals surface area contributed by atoms with Crippen LogP contribution >= 0.6 is 12.6 Å². The Hall–Kier alpha value is -1.04. The molecule has 2 rings (SSSR count). The van der Waals surface area contributed by atoms with Gasteiger partial charge in [-0.05, 0) is 45.1 Å². The summed E-state index contributed by atoms with van der Waals surface area (Å²) >= 11 is 4.31. The first-order valence-electron chi connectivity index (χ1n) is 6.82. The van der Waals surface area contributed by atoms with Crippen LogP contribution in [0.25, 0.3) is 0 Å². The van der Waals surface area contributed by atoms with Gasteiger partial charge in [-0.25, -0.2) is 0 Å². The SMILES string of the molecule is Cc1ccc(S)cc1C(=O)N1CC(O)CC1CN(C)C. The van der Waals surface area contributed by atoms with Gasteiger partial charge >= 0.3 is 0 Å². The second-order valence-corrected chi connectivity index (χ2v) is 6.28. The highest BCUT2D eigenvalue weighted by Crippen LogP contribution is 2.23. The summed E-state index contributed by atoms with van der Waals surface area (Å²) in [6.07, 6.45) is 0.215. The molecule has 1 amide bonds. The predicted molar refractivity (Wildman–Crippen MR) is 82.4 cm³/mol. The van der Waals surface area contributed by atoms with Crippen molar-refractivity contribution in [3.63, 3.8) is 0 Å². The number of carbonyl (C=O) groups excluding carboxylic acids is 1. The molecule has 1 aliphatic heterocycles. The van der Waals surface area contributed by atoms with Crippen molar-refractivity contribution in [1.82, 2.24) is 9.80 Å². The number of thiol groups is 1. The van der Waals surface area contributed by atoms with E-state index in [9.17, 15) is 9.90 Å². The average Bonchev–Trinajstić information content (AvgIpc) is 2.71. The van der Waals surface area contributed by atoms with Gasteiger partial charge in [0.1, 0.15) is 0 Å². The number of aliphatic hydroxyl groups is 1. The second kappa shape index (κ2) is 6.16. The van der Waals surface area contributed by atoms with Crippen LogP contribution in [-0.2, 0) is 0 Å². The number of hydrogen-bond donors (Lipinski definition) is 2. The van der Waals surface area contributed by atoms with Crippen molar-refractivity contribution in [1.29, 1.82) is 0 Å². The molecule has 2 unspecified atom stereocenters. The Balaban J connectivity index is 2.24. The minimum atomic E-state index is -0.427. The minimum Gasteiger partial charge on any atom is -0.391 e. The molecule has 0 aliphatic carbocycles. The molecule has 1 N–H and O–H groups in total. The number of hydrogen-bond acceptors (Lipinski definition) is 4. The summed E-state index contributed by atoms with van der Waals surface area (Å²) in [4.78, 5) is 17.3. The van der Waals surface area contributed by atoms with Crippen molar-refractivity contribution in [3.05, 3.63) is 29.3 Å². The van der Waals surface area contributed by atoms with Crippen molar-refractivity contribution in [2.45, 2.75) is 30.4 Å². The van der Waals surface area contributed by atoms with Crippen molar-refractivity contribution < 1.29 is 9.90 Å². The predicted octanol–water partition coefficient (Wildman–Crippen LogP) is 1.42. The summed E-state index contributed by atoms with van der Waals surface area (Å²) in [5, 5.41) is 9.88. The summed E-state index contributed by atoms with van der Waals surface area (Å²) in [5.41, 5.74) is 1.62. The third-order valence-corrected chi connectivity index (χ3v) is 3.96. The topological polar surface area (TPSA) is 43.8 Å². The third-order valence-electron chi connectivity index (χ3n) is 3.68. The number of likely N-dealkylation sites (N-methyl/N-ethyl adjacent to an activating group) is 1. The summed E-state index contributed by atoms with van der Waals surface area (Å²) < 4.78 is 0. The van der Waals surface area contributed by atoms with E-state index < -0.39 is 6.10 Å². The lowest BCUT2D eigenvalue weighted by Crippen LogP contribution is -2.41. The van der Waals surface area contributed by atoms with Crippen LogP contribution in [0.1, 0.15) is 22.3 Å². The lowest BCUT2D eigenvalue weighted by molar-refractivity contribution is 0.0698. The van der Waals surface area contributed by atoms with E-state index in [0.29, 0.717) is 18.5 Å². The molecular formula is C15H22N2O2S. The average molecular weight is 294 g/mol. The van der Waals surface area contributed by atoms with Gasteiger partial charge in [-0.15, -0.1) is 12.6 Å². The highest BCUT2D eigenvalue weighted by atomic mass is 32.1. The van der Waals surface area contributed by atoms with E-state index in [-0.39, 0.29) is 11.9 Å². The molecule has 1 heterocycles. The van der Waals surface area contributed by atoms with E-state index in [1.165, 1.54) is 0 Å². The molecule has 0 saturated carbocycles. The Morgan fingerprint density at radius 2 is 2.20 bits per heavy atom. The van der Waals surface area contributed by atoms with E-state index in [0.717, 1.165) is 17.0 Å². The molecule has 1 aromatic rings. The molecule has 20 heavy (non-hydrogen) atoms. The molecule has 1 saturated heterocycles. The van der Waals surface area contributed by atoms with Gasteiger partial charge in [-0.2, -0.15) is 0 Å². The van der Waals surface area contributed by atoms with Crippen molar-refractivity contribution in [2.24, 2.45) is 0 Å². The number of aryl methyl sites for hydroxylation is 1. The molecule has 1 aromatic carbocycles. The number of β-amino-alcohol motifs (C(OH)–C–C–N with tert-alkyl or cyclic N) is 1. The number of aliphatic hydroxyl groups excluding tert-OH is 1. The molecule has 4 nitrogen and oxygen atoms in total. The number of nitrogens with zero attached hydrogens (tertiary/aromatic N) is 2. The molecular weight excluding hydrogens is 272 g/mol. The van der Waals surface area contributed by atoms with Gasteiger partial charge in [0.2, 0.25) is 0 Å². The van der Waals surface area contributed by atoms with Crippen molar-refractivity contribution >= 4 is 18.5 Å². The van der Waals surface area contributed by atoms with E-state index in [1.807, 2.05) is 38.1 Å². The van der Waals surface area contributed by atoms with E-state index >= 15 is 0 Å². The van der Waals surface area contributed by atoms with Crippen LogP contribution in [0.4, 0.5) is 0 Å². The number of likely N-dealkylation sites (tertiary alicyclic amines) is 1. The minimum absolute atomic E-state index is 0.0122. The first-order chi connectivity index (χ1) is 9.38. The van der Waals surface area contributed by atoms with Crippen LogP contribution in [-0.4, -0.2) is 60.1 Å². The van der Waals surface area contributed by atoms with E-state index in [2.05, 4.69) is 12.6 Å². The number of carbonyl (C=O) groups is 1. The molecule has 1 aliphatic rings. The van der Waals surface area contributed by atoms with Crippen LogP contribution in [0.3, 0.4) is 0 Å². The molecule has 0 radical (unpaired) electrons. The van der Waals surface area contributed by atoms with Crippen LogP contribution in [0, 0.1) is 6.92 Å². The molecule has 2 atom stereocenters. The summed E-state index contributed by atoms with van der Waals surface area (Å²) in [5.74, 6) is -0.0122. The lowest BCUT2D eigenvalue weighted by atomic mass is 10.1. The van der Waals surface area contributed by atoms with Gasteiger partial charge in [0.05, 0.1) is 6.10 Å². The fourth-order valence-electron chi connectivity index (χ4n) is 2.73. The normalized spacial score (nSPS) is 22.6. The molecule has 0 bridgehead atoms. The van der Waals surface area contributed by atoms with E-state index in [1.54, 1.807) is 11.0 Å². The lowest BCUT2D eigenvalue weighted by Gasteiger charge is -2.27. The molecule has 110 valence electrons. The van der Waals surface area contributed by atoms with Gasteiger partial charge in [-0.1, -0.05) is 6.07 Å². The quantitative estimate of drug-likeness (QED) is 0.829. The molecule has 0 spiro atoms. The standard InChI is InChI=1S/C15H22N2O2S/c1-10-4-5-13(20)7-14(10)15(19)17-9-12(18)6-11(17)8-16(2)3/h4-5,7,11-12,18,20H,6,8-9H2,1-3H3. The maximum Gasteiger partial charge on any atom is 0.254 e. The molecule has 1 fully saturated rings. The molecule has 5 heteroatoms. The largest absolute Gasteiger partial charge is 0.391 e.